The number of aliphatic hydroxyl groups is 1. The van der Waals surface area contributed by atoms with Gasteiger partial charge in [0.05, 0.1) is 29.5 Å². The Bertz CT molecular complexity index is 967. The van der Waals surface area contributed by atoms with E-state index >= 15 is 0 Å². The Labute approximate surface area is 216 Å². The van der Waals surface area contributed by atoms with Gasteiger partial charge in [-0.05, 0) is 56.9 Å². The molecular weight excluding hydrogens is 499 g/mol. The van der Waals surface area contributed by atoms with Crippen molar-refractivity contribution in [1.29, 1.82) is 0 Å². The molecule has 0 aromatic heterocycles. The lowest BCUT2D eigenvalue weighted by Gasteiger charge is -2.45. The van der Waals surface area contributed by atoms with E-state index in [1.54, 1.807) is 26.8 Å². The Morgan fingerprint density at radius 3 is 2.28 bits per heavy atom. The lowest BCUT2D eigenvalue weighted by atomic mass is 9.76. The maximum Gasteiger partial charge on any atom is 0.416 e. The van der Waals surface area contributed by atoms with Gasteiger partial charge in [0.2, 0.25) is 0 Å². The highest BCUT2D eigenvalue weighted by Gasteiger charge is 2.44. The first-order valence-corrected chi connectivity index (χ1v) is 10.8. The van der Waals surface area contributed by atoms with Crippen LogP contribution in [-0.2, 0) is 16.5 Å². The number of hydrogen-bond donors (Lipinski definition) is 5. The molecule has 11 heteroatoms. The number of oxime groups is 1. The fourth-order valence-corrected chi connectivity index (χ4v) is 4.10. The molecule has 1 heterocycles. The number of nitrogens with two attached hydrogens (primary N) is 1. The van der Waals surface area contributed by atoms with Crippen LogP contribution in [0.25, 0.3) is 0 Å². The molecule has 1 aliphatic rings. The monoisotopic (exact) mass is 535 g/mol. The number of nitrogens with zero attached hydrogens (tertiary/aromatic N) is 1. The number of halogens is 4. The lowest BCUT2D eigenvalue weighted by molar-refractivity contribution is -0.137. The Kier molecular flexibility index (Phi) is 13.1. The first kappa shape index (κ1) is 33.8. The molecular formula is C25H37ClF3N3O4. The molecule has 1 aliphatic heterocycles. The number of ether oxygens (including phenoxy) is 1. The van der Waals surface area contributed by atoms with E-state index in [4.69, 9.17) is 15.2 Å². The van der Waals surface area contributed by atoms with Crippen LogP contribution in [0.5, 0.6) is 0 Å². The zero-order valence-corrected chi connectivity index (χ0v) is 20.7. The van der Waals surface area contributed by atoms with Crippen LogP contribution in [0.2, 0.25) is 0 Å². The van der Waals surface area contributed by atoms with Gasteiger partial charge in [-0.1, -0.05) is 54.5 Å². The molecule has 3 rings (SSSR count). The minimum atomic E-state index is -4.42. The normalized spacial score (nSPS) is 22.9. The van der Waals surface area contributed by atoms with Gasteiger partial charge < -0.3 is 25.6 Å². The predicted octanol–water partition coefficient (Wildman–Crippen LogP) is 5.34. The molecule has 1 saturated heterocycles. The van der Waals surface area contributed by atoms with Crippen molar-refractivity contribution in [3.8, 4) is 0 Å². The van der Waals surface area contributed by atoms with Crippen LogP contribution >= 0.6 is 12.4 Å². The molecule has 36 heavy (non-hydrogen) atoms. The summed E-state index contributed by atoms with van der Waals surface area (Å²) in [5.41, 5.74) is -0.474. The number of benzene rings is 2. The number of β-amino-alcohol motifs (C(OH)–C–C–N with tert-alkyl or cyclic N) is 1. The van der Waals surface area contributed by atoms with E-state index < -0.39 is 29.0 Å². The molecule has 0 aliphatic carbocycles. The quantitative estimate of drug-likeness (QED) is 0.193. The third-order valence-electron chi connectivity index (χ3n) is 6.31. The second kappa shape index (κ2) is 13.9. The summed E-state index contributed by atoms with van der Waals surface area (Å²) in [5.74, 6) is 3.50. The van der Waals surface area contributed by atoms with Crippen molar-refractivity contribution in [1.82, 2.24) is 5.32 Å². The van der Waals surface area contributed by atoms with E-state index in [9.17, 15) is 18.3 Å². The zero-order valence-electron chi connectivity index (χ0n) is 19.8. The summed E-state index contributed by atoms with van der Waals surface area (Å²) in [6.07, 6.45) is -4.17. The molecule has 1 fully saturated rings. The van der Waals surface area contributed by atoms with E-state index in [0.717, 1.165) is 17.7 Å². The standard InChI is InChI=1S/C24H29F3N2O3.CH4.ClH.H3NO/c1-16-11-19(13-21(12-16)24(25,26)27)17(2)32-15-22(20-7-5-4-6-8-20)9-10-23(30,14-28-22)18(3)29-31;;;1-2/h4-8,11-13,17,28,30-31H,9-10,14-15H2,1-3H3;1H4;1H;2H,1H2/b29-18+;;;/t17-,22-,23?;;;/m1.../s1. The molecule has 0 spiro atoms. The van der Waals surface area contributed by atoms with Crippen LogP contribution in [0.3, 0.4) is 0 Å². The smallest absolute Gasteiger partial charge is 0.411 e. The van der Waals surface area contributed by atoms with Crippen molar-refractivity contribution >= 4 is 18.1 Å². The first-order valence-electron chi connectivity index (χ1n) is 10.8. The van der Waals surface area contributed by atoms with Gasteiger partial charge in [0.15, 0.2) is 0 Å². The van der Waals surface area contributed by atoms with E-state index in [-0.39, 0.29) is 38.7 Å². The molecule has 6 N–H and O–H groups in total. The number of rotatable bonds is 6. The number of piperidine rings is 1. The summed E-state index contributed by atoms with van der Waals surface area (Å²) in [6.45, 7) is 5.27. The maximum atomic E-state index is 13.2. The van der Waals surface area contributed by atoms with Gasteiger partial charge in [-0.25, -0.2) is 5.90 Å². The number of nitrogens with one attached hydrogen (secondary N) is 1. The van der Waals surface area contributed by atoms with Gasteiger partial charge in [0.1, 0.15) is 5.60 Å². The molecule has 0 radical (unpaired) electrons. The minimum Gasteiger partial charge on any atom is -0.411 e. The zero-order chi connectivity index (χ0) is 25.6. The van der Waals surface area contributed by atoms with Crippen molar-refractivity contribution < 1.29 is 33.4 Å². The third kappa shape index (κ3) is 7.89. The van der Waals surface area contributed by atoms with Crippen LogP contribution in [-0.4, -0.2) is 40.0 Å². The van der Waals surface area contributed by atoms with Crippen molar-refractivity contribution in [2.24, 2.45) is 11.1 Å². The molecule has 0 bridgehead atoms. The van der Waals surface area contributed by atoms with Gasteiger partial charge >= 0.3 is 6.18 Å². The number of aryl methyl sites for hydroxylation is 1. The van der Waals surface area contributed by atoms with Crippen molar-refractivity contribution in [2.45, 2.75) is 64.5 Å². The van der Waals surface area contributed by atoms with Crippen LogP contribution in [0.1, 0.15) is 62.5 Å². The Balaban J connectivity index is 0.00000299. The van der Waals surface area contributed by atoms with E-state index in [2.05, 4.69) is 16.4 Å². The average Bonchev–Trinajstić information content (AvgIpc) is 2.84. The topological polar surface area (TPSA) is 120 Å². The highest BCUT2D eigenvalue weighted by atomic mass is 35.5. The second-order valence-electron chi connectivity index (χ2n) is 8.60. The first-order chi connectivity index (χ1) is 16.0. The Morgan fingerprint density at radius 2 is 1.78 bits per heavy atom. The van der Waals surface area contributed by atoms with Gasteiger partial charge in [-0.3, -0.25) is 0 Å². The van der Waals surface area contributed by atoms with Crippen LogP contribution in [0.4, 0.5) is 13.2 Å². The summed E-state index contributed by atoms with van der Waals surface area (Å²) in [7, 11) is 0. The number of alkyl halides is 3. The fraction of sp³-hybridized carbons (Fsp3) is 0.480. The van der Waals surface area contributed by atoms with Gasteiger partial charge in [-0.15, -0.1) is 12.4 Å². The van der Waals surface area contributed by atoms with Crippen molar-refractivity contribution in [3.05, 3.63) is 70.8 Å². The molecule has 7 nitrogen and oxygen atoms in total. The molecule has 1 unspecified atom stereocenters. The van der Waals surface area contributed by atoms with E-state index in [0.29, 0.717) is 24.0 Å². The van der Waals surface area contributed by atoms with Gasteiger partial charge in [-0.2, -0.15) is 13.2 Å². The van der Waals surface area contributed by atoms with Crippen LogP contribution in [0.15, 0.2) is 53.7 Å². The second-order valence-corrected chi connectivity index (χ2v) is 8.60. The third-order valence-corrected chi connectivity index (χ3v) is 6.31. The summed E-state index contributed by atoms with van der Waals surface area (Å²) in [4.78, 5) is 0. The average molecular weight is 536 g/mol. The van der Waals surface area contributed by atoms with Crippen molar-refractivity contribution in [2.75, 3.05) is 13.2 Å². The SMILES string of the molecule is C.C/C(=N\O)C1(O)CC[C@@](CO[C@H](C)c2cc(C)cc(C(F)(F)F)c2)(c2ccccc2)NC1.Cl.NO. The Morgan fingerprint density at radius 1 is 1.17 bits per heavy atom. The van der Waals surface area contributed by atoms with Crippen molar-refractivity contribution in [3.63, 3.8) is 0 Å². The highest BCUT2D eigenvalue weighted by Crippen LogP contribution is 2.37. The molecule has 3 atom stereocenters. The van der Waals surface area contributed by atoms with E-state index in [1.165, 1.54) is 0 Å². The highest BCUT2D eigenvalue weighted by molar-refractivity contribution is 5.90. The summed E-state index contributed by atoms with van der Waals surface area (Å²) >= 11 is 0. The van der Waals surface area contributed by atoms with Crippen LogP contribution in [0, 0.1) is 6.92 Å². The largest absolute Gasteiger partial charge is 0.416 e. The van der Waals surface area contributed by atoms with E-state index in [1.807, 2.05) is 30.3 Å². The van der Waals surface area contributed by atoms with Gasteiger partial charge in [0, 0.05) is 6.54 Å². The molecule has 2 aromatic carbocycles. The number of hydrogen-bond acceptors (Lipinski definition) is 7. The van der Waals surface area contributed by atoms with Gasteiger partial charge in [0.25, 0.3) is 0 Å². The predicted molar refractivity (Wildman–Crippen MR) is 136 cm³/mol. The summed E-state index contributed by atoms with van der Waals surface area (Å²) in [5, 5.41) is 32.9. The maximum absolute atomic E-state index is 13.2. The minimum absolute atomic E-state index is 0. The molecule has 2 aromatic rings. The molecule has 204 valence electrons. The fourth-order valence-electron chi connectivity index (χ4n) is 4.10. The Hall–Kier alpha value is -2.21. The molecule has 0 amide bonds. The lowest BCUT2D eigenvalue weighted by Crippen LogP contribution is -2.60. The van der Waals surface area contributed by atoms with Crippen LogP contribution < -0.4 is 11.2 Å². The summed E-state index contributed by atoms with van der Waals surface area (Å²) < 4.78 is 45.8. The summed E-state index contributed by atoms with van der Waals surface area (Å²) in [6, 6.07) is 13.5. The molecule has 0 saturated carbocycles.